The Balaban J connectivity index is 1.99. The zero-order valence-electron chi connectivity index (χ0n) is 10.2. The van der Waals surface area contributed by atoms with Gasteiger partial charge in [0.15, 0.2) is 11.6 Å². The van der Waals surface area contributed by atoms with Crippen molar-refractivity contribution in [3.05, 3.63) is 30.0 Å². The van der Waals surface area contributed by atoms with Crippen molar-refractivity contribution < 1.29 is 13.5 Å². The minimum absolute atomic E-state index is 0.0312. The van der Waals surface area contributed by atoms with Gasteiger partial charge in [0.2, 0.25) is 0 Å². The molecule has 1 aliphatic rings. The van der Waals surface area contributed by atoms with Gasteiger partial charge in [0, 0.05) is 32.4 Å². The van der Waals surface area contributed by atoms with Crippen molar-refractivity contribution >= 4 is 0 Å². The molecule has 0 saturated carbocycles. The van der Waals surface area contributed by atoms with Crippen molar-refractivity contribution in [1.29, 1.82) is 0 Å². The minimum Gasteiger partial charge on any atom is -0.470 e. The summed E-state index contributed by atoms with van der Waals surface area (Å²) in [4.78, 5) is 3.94. The molecular weight excluding hydrogens is 254 g/mol. The van der Waals surface area contributed by atoms with Crippen LogP contribution in [0, 0.1) is 11.6 Å². The first-order chi connectivity index (χ1) is 9.15. The molecule has 3 rings (SSSR count). The van der Waals surface area contributed by atoms with Crippen LogP contribution in [0.15, 0.2) is 18.3 Å². The summed E-state index contributed by atoms with van der Waals surface area (Å²) in [6.07, 6.45) is 1.41. The van der Waals surface area contributed by atoms with Crippen molar-refractivity contribution in [1.82, 2.24) is 20.1 Å². The Morgan fingerprint density at radius 1 is 1.37 bits per heavy atom. The van der Waals surface area contributed by atoms with E-state index in [2.05, 4.69) is 15.4 Å². The molecule has 0 aromatic carbocycles. The lowest BCUT2D eigenvalue weighted by Crippen LogP contribution is -2.50. The maximum Gasteiger partial charge on any atom is 0.251 e. The van der Waals surface area contributed by atoms with Crippen LogP contribution in [0.5, 0.6) is 5.88 Å². The average Bonchev–Trinajstić information content (AvgIpc) is 2.72. The average molecular weight is 266 g/mol. The van der Waals surface area contributed by atoms with Gasteiger partial charge in [-0.2, -0.15) is 5.10 Å². The lowest BCUT2D eigenvalue weighted by molar-refractivity contribution is 0.129. The lowest BCUT2D eigenvalue weighted by Gasteiger charge is -2.27. The Hall–Kier alpha value is -2.02. The molecule has 2 aromatic heterocycles. The van der Waals surface area contributed by atoms with Crippen LogP contribution in [-0.2, 0) is 7.05 Å². The van der Waals surface area contributed by atoms with Crippen LogP contribution in [0.2, 0.25) is 0 Å². The SMILES string of the molecule is Cn1nccc1-c1nc(OC2CNC2)c(F)cc1F. The number of hydrogen-bond donors (Lipinski definition) is 1. The van der Waals surface area contributed by atoms with E-state index in [1.54, 1.807) is 13.1 Å². The highest BCUT2D eigenvalue weighted by atomic mass is 19.1. The number of ether oxygens (including phenoxy) is 1. The van der Waals surface area contributed by atoms with E-state index in [0.29, 0.717) is 18.8 Å². The number of aromatic nitrogens is 3. The van der Waals surface area contributed by atoms with Crippen LogP contribution in [-0.4, -0.2) is 34.0 Å². The molecule has 1 aliphatic heterocycles. The van der Waals surface area contributed by atoms with Crippen molar-refractivity contribution in [2.24, 2.45) is 7.05 Å². The number of aryl methyl sites for hydroxylation is 1. The molecule has 1 N–H and O–H groups in total. The molecule has 3 heterocycles. The van der Waals surface area contributed by atoms with Crippen LogP contribution in [0.25, 0.3) is 11.4 Å². The van der Waals surface area contributed by atoms with Crippen molar-refractivity contribution in [2.75, 3.05) is 13.1 Å². The summed E-state index contributed by atoms with van der Waals surface area (Å²) in [7, 11) is 1.66. The van der Waals surface area contributed by atoms with Crippen LogP contribution in [0.4, 0.5) is 8.78 Å². The molecule has 2 aromatic rings. The largest absolute Gasteiger partial charge is 0.470 e. The number of nitrogens with zero attached hydrogens (tertiary/aromatic N) is 3. The van der Waals surface area contributed by atoms with Crippen LogP contribution < -0.4 is 10.1 Å². The molecule has 0 amide bonds. The van der Waals surface area contributed by atoms with Crippen molar-refractivity contribution in [3.8, 4) is 17.3 Å². The molecule has 19 heavy (non-hydrogen) atoms. The van der Waals surface area contributed by atoms with E-state index in [-0.39, 0.29) is 17.7 Å². The highest BCUT2D eigenvalue weighted by Gasteiger charge is 2.23. The van der Waals surface area contributed by atoms with E-state index in [1.807, 2.05) is 0 Å². The molecule has 0 atom stereocenters. The molecule has 1 saturated heterocycles. The van der Waals surface area contributed by atoms with Gasteiger partial charge >= 0.3 is 0 Å². The van der Waals surface area contributed by atoms with Gasteiger partial charge < -0.3 is 10.1 Å². The summed E-state index contributed by atoms with van der Waals surface area (Å²) < 4.78 is 34.3. The second-order valence-electron chi connectivity index (χ2n) is 4.34. The second kappa shape index (κ2) is 4.58. The van der Waals surface area contributed by atoms with E-state index in [9.17, 15) is 8.78 Å². The predicted molar refractivity (Wildman–Crippen MR) is 63.6 cm³/mol. The molecule has 0 spiro atoms. The molecule has 7 heteroatoms. The molecule has 0 unspecified atom stereocenters. The summed E-state index contributed by atoms with van der Waals surface area (Å²) in [6.45, 7) is 1.28. The minimum atomic E-state index is -0.796. The summed E-state index contributed by atoms with van der Waals surface area (Å²) in [6, 6.07) is 2.40. The second-order valence-corrected chi connectivity index (χ2v) is 4.34. The first-order valence-electron chi connectivity index (χ1n) is 5.87. The number of hydrogen-bond acceptors (Lipinski definition) is 4. The third-order valence-corrected chi connectivity index (χ3v) is 2.98. The number of pyridine rings is 1. The zero-order chi connectivity index (χ0) is 13.4. The first-order valence-corrected chi connectivity index (χ1v) is 5.87. The summed E-state index contributed by atoms with van der Waals surface area (Å²) in [5.74, 6) is -1.71. The van der Waals surface area contributed by atoms with E-state index in [4.69, 9.17) is 4.74 Å². The highest BCUT2D eigenvalue weighted by molar-refractivity contribution is 5.55. The fourth-order valence-corrected chi connectivity index (χ4v) is 1.82. The van der Waals surface area contributed by atoms with E-state index >= 15 is 0 Å². The van der Waals surface area contributed by atoms with Gasteiger partial charge in [-0.25, -0.2) is 13.8 Å². The molecule has 5 nitrogen and oxygen atoms in total. The van der Waals surface area contributed by atoms with Crippen LogP contribution >= 0.6 is 0 Å². The van der Waals surface area contributed by atoms with Gasteiger partial charge in [-0.3, -0.25) is 4.68 Å². The zero-order valence-corrected chi connectivity index (χ0v) is 10.2. The molecule has 0 radical (unpaired) electrons. The highest BCUT2D eigenvalue weighted by Crippen LogP contribution is 2.26. The van der Waals surface area contributed by atoms with Gasteiger partial charge in [-0.05, 0) is 6.07 Å². The Labute approximate surface area is 108 Å². The first kappa shape index (κ1) is 12.0. The molecule has 100 valence electrons. The van der Waals surface area contributed by atoms with Gasteiger partial charge in [0.1, 0.15) is 11.8 Å². The number of nitrogens with one attached hydrogen (secondary N) is 1. The Bertz CT molecular complexity index is 610. The number of rotatable bonds is 3. The quantitative estimate of drug-likeness (QED) is 0.904. The Kier molecular flexibility index (Phi) is 2.90. The van der Waals surface area contributed by atoms with Crippen molar-refractivity contribution in [2.45, 2.75) is 6.10 Å². The fraction of sp³-hybridized carbons (Fsp3) is 0.333. The third-order valence-electron chi connectivity index (χ3n) is 2.98. The standard InChI is InChI=1S/C12H12F2N4O/c1-18-10(2-3-16-18)11-8(13)4-9(14)12(17-11)19-7-5-15-6-7/h2-4,7,15H,5-6H2,1H3. The predicted octanol–water partition coefficient (Wildman–Crippen LogP) is 1.11. The summed E-state index contributed by atoms with van der Waals surface area (Å²) >= 11 is 0. The maximum atomic E-state index is 13.8. The Morgan fingerprint density at radius 3 is 2.74 bits per heavy atom. The van der Waals surface area contributed by atoms with Crippen LogP contribution in [0.3, 0.4) is 0 Å². The third kappa shape index (κ3) is 2.17. The lowest BCUT2D eigenvalue weighted by atomic mass is 10.2. The van der Waals surface area contributed by atoms with Gasteiger partial charge in [-0.15, -0.1) is 0 Å². The smallest absolute Gasteiger partial charge is 0.251 e. The summed E-state index contributed by atoms with van der Waals surface area (Å²) in [5, 5.41) is 6.94. The van der Waals surface area contributed by atoms with E-state index in [0.717, 1.165) is 6.07 Å². The van der Waals surface area contributed by atoms with Gasteiger partial charge in [0.05, 0.1) is 5.69 Å². The van der Waals surface area contributed by atoms with Gasteiger partial charge in [-0.1, -0.05) is 0 Å². The van der Waals surface area contributed by atoms with Gasteiger partial charge in [0.25, 0.3) is 5.88 Å². The normalized spacial score (nSPS) is 15.3. The summed E-state index contributed by atoms with van der Waals surface area (Å²) in [5.41, 5.74) is 0.498. The topological polar surface area (TPSA) is 52.0 Å². The molecule has 1 fully saturated rings. The van der Waals surface area contributed by atoms with E-state index < -0.39 is 11.6 Å². The maximum absolute atomic E-state index is 13.8. The molecule has 0 aliphatic carbocycles. The van der Waals surface area contributed by atoms with E-state index in [1.165, 1.54) is 10.9 Å². The number of halogens is 2. The fourth-order valence-electron chi connectivity index (χ4n) is 1.82. The molecule has 0 bridgehead atoms. The monoisotopic (exact) mass is 266 g/mol. The Morgan fingerprint density at radius 2 is 2.16 bits per heavy atom. The van der Waals surface area contributed by atoms with Crippen molar-refractivity contribution in [3.63, 3.8) is 0 Å². The molecular formula is C12H12F2N4O. The van der Waals surface area contributed by atoms with Crippen LogP contribution in [0.1, 0.15) is 0 Å².